The lowest BCUT2D eigenvalue weighted by Gasteiger charge is -2.36. The number of aryl methyl sites for hydroxylation is 1. The first-order valence-corrected chi connectivity index (χ1v) is 7.96. The van der Waals surface area contributed by atoms with Crippen molar-refractivity contribution >= 4 is 5.82 Å². The lowest BCUT2D eigenvalue weighted by Crippen LogP contribution is -2.47. The van der Waals surface area contributed by atoms with Gasteiger partial charge in [-0.05, 0) is 12.0 Å². The fourth-order valence-corrected chi connectivity index (χ4v) is 2.86. The number of hydrogen-bond acceptors (Lipinski definition) is 5. The van der Waals surface area contributed by atoms with Crippen molar-refractivity contribution in [2.24, 2.45) is 0 Å². The molecule has 0 N–H and O–H groups in total. The van der Waals surface area contributed by atoms with Crippen molar-refractivity contribution < 1.29 is 4.74 Å². The number of aromatic nitrogens is 2. The van der Waals surface area contributed by atoms with E-state index in [1.807, 2.05) is 13.0 Å². The van der Waals surface area contributed by atoms with Crippen LogP contribution in [0.25, 0.3) is 0 Å². The smallest absolute Gasteiger partial charge is 0.146 e. The highest BCUT2D eigenvalue weighted by molar-refractivity contribution is 5.45. The minimum atomic E-state index is 0.220. The fourth-order valence-electron chi connectivity index (χ4n) is 2.86. The van der Waals surface area contributed by atoms with Gasteiger partial charge in [0.2, 0.25) is 0 Å². The van der Waals surface area contributed by atoms with E-state index >= 15 is 0 Å². The molecule has 23 heavy (non-hydrogen) atoms. The Hall–Kier alpha value is -2.45. The third-order valence-corrected chi connectivity index (χ3v) is 4.03. The van der Waals surface area contributed by atoms with Gasteiger partial charge in [-0.25, -0.2) is 9.97 Å². The van der Waals surface area contributed by atoms with Crippen LogP contribution in [0, 0.1) is 11.3 Å². The van der Waals surface area contributed by atoms with E-state index in [2.05, 4.69) is 45.2 Å². The average molecular weight is 308 g/mol. The number of rotatable bonds is 4. The van der Waals surface area contributed by atoms with E-state index in [1.54, 1.807) is 6.07 Å². The van der Waals surface area contributed by atoms with Gasteiger partial charge in [0.15, 0.2) is 0 Å². The maximum absolute atomic E-state index is 9.20. The molecule has 3 rings (SSSR count). The Labute approximate surface area is 136 Å². The van der Waals surface area contributed by atoms with Gasteiger partial charge in [0, 0.05) is 19.0 Å². The molecule has 0 bridgehead atoms. The first kappa shape index (κ1) is 15.4. The van der Waals surface area contributed by atoms with Crippen LogP contribution < -0.4 is 4.90 Å². The van der Waals surface area contributed by atoms with Gasteiger partial charge in [-0.1, -0.05) is 37.3 Å². The van der Waals surface area contributed by atoms with Gasteiger partial charge in [-0.2, -0.15) is 5.26 Å². The van der Waals surface area contributed by atoms with Crippen LogP contribution in [0.15, 0.2) is 36.4 Å². The zero-order chi connectivity index (χ0) is 16.1. The van der Waals surface area contributed by atoms with Crippen molar-refractivity contribution in [3.8, 4) is 6.07 Å². The molecule has 1 aromatic heterocycles. The molecule has 2 heterocycles. The zero-order valence-electron chi connectivity index (χ0n) is 13.3. The maximum atomic E-state index is 9.20. The summed E-state index contributed by atoms with van der Waals surface area (Å²) in [6.45, 7) is 4.13. The van der Waals surface area contributed by atoms with Crippen LogP contribution in [0.3, 0.4) is 0 Å². The summed E-state index contributed by atoms with van der Waals surface area (Å²) < 4.78 is 5.67. The Morgan fingerprint density at radius 3 is 2.87 bits per heavy atom. The molecule has 1 aliphatic heterocycles. The summed E-state index contributed by atoms with van der Waals surface area (Å²) >= 11 is 0. The van der Waals surface area contributed by atoms with Crippen LogP contribution >= 0.6 is 0 Å². The van der Waals surface area contributed by atoms with Crippen molar-refractivity contribution in [1.29, 1.82) is 5.26 Å². The lowest BCUT2D eigenvalue weighted by molar-refractivity contribution is 0.0936. The fraction of sp³-hybridized carbons (Fsp3) is 0.389. The second-order valence-electron chi connectivity index (χ2n) is 5.60. The monoisotopic (exact) mass is 308 g/mol. The highest BCUT2D eigenvalue weighted by Gasteiger charge is 2.25. The summed E-state index contributed by atoms with van der Waals surface area (Å²) in [5, 5.41) is 9.20. The molecule has 1 aliphatic rings. The first-order valence-electron chi connectivity index (χ1n) is 7.96. The number of anilines is 1. The molecule has 0 radical (unpaired) electrons. The van der Waals surface area contributed by atoms with Crippen molar-refractivity contribution in [1.82, 2.24) is 9.97 Å². The molecule has 1 saturated heterocycles. The Kier molecular flexibility index (Phi) is 4.84. The molecule has 1 fully saturated rings. The Morgan fingerprint density at radius 2 is 2.13 bits per heavy atom. The minimum absolute atomic E-state index is 0.220. The first-order chi connectivity index (χ1) is 11.3. The predicted molar refractivity (Wildman–Crippen MR) is 88.2 cm³/mol. The van der Waals surface area contributed by atoms with Gasteiger partial charge in [-0.3, -0.25) is 0 Å². The Morgan fingerprint density at radius 1 is 1.30 bits per heavy atom. The van der Waals surface area contributed by atoms with Crippen molar-refractivity contribution in [2.45, 2.75) is 25.8 Å². The summed E-state index contributed by atoms with van der Waals surface area (Å²) in [7, 11) is 0. The minimum Gasteiger partial charge on any atom is -0.377 e. The zero-order valence-corrected chi connectivity index (χ0v) is 13.3. The molecule has 0 aliphatic carbocycles. The predicted octanol–water partition coefficient (Wildman–Crippen LogP) is 2.36. The number of benzene rings is 1. The standard InChI is InChI=1S/C18H20N4O/c1-2-17-20-15(12-19)11-18(21-17)22-8-9-23-13-16(22)10-14-6-4-3-5-7-14/h3-7,11,16H,2,8-10,13H2,1H3/t16-/m0/s1. The summed E-state index contributed by atoms with van der Waals surface area (Å²) in [4.78, 5) is 11.1. The van der Waals surface area contributed by atoms with Crippen LogP contribution in [-0.2, 0) is 17.6 Å². The lowest BCUT2D eigenvalue weighted by atomic mass is 10.0. The molecule has 5 heteroatoms. The number of ether oxygens (including phenoxy) is 1. The quantitative estimate of drug-likeness (QED) is 0.867. The van der Waals surface area contributed by atoms with Crippen molar-refractivity contribution in [2.75, 3.05) is 24.7 Å². The highest BCUT2D eigenvalue weighted by atomic mass is 16.5. The molecule has 2 aromatic rings. The topological polar surface area (TPSA) is 62.0 Å². The van der Waals surface area contributed by atoms with Crippen LogP contribution in [-0.4, -0.2) is 35.8 Å². The molecule has 0 unspecified atom stereocenters. The van der Waals surface area contributed by atoms with E-state index in [1.165, 1.54) is 5.56 Å². The van der Waals surface area contributed by atoms with E-state index in [0.717, 1.165) is 25.2 Å². The van der Waals surface area contributed by atoms with Crippen molar-refractivity contribution in [3.05, 3.63) is 53.5 Å². The second kappa shape index (κ2) is 7.21. The summed E-state index contributed by atoms with van der Waals surface area (Å²) in [6, 6.07) is 14.5. The summed E-state index contributed by atoms with van der Waals surface area (Å²) in [5.74, 6) is 1.54. The van der Waals surface area contributed by atoms with Crippen LogP contribution in [0.4, 0.5) is 5.82 Å². The van der Waals surface area contributed by atoms with Gasteiger partial charge < -0.3 is 9.64 Å². The molecule has 5 nitrogen and oxygen atoms in total. The number of nitriles is 1. The van der Waals surface area contributed by atoms with E-state index in [9.17, 15) is 5.26 Å². The molecular formula is C18H20N4O. The third kappa shape index (κ3) is 3.66. The Bertz CT molecular complexity index is 696. The van der Waals surface area contributed by atoms with E-state index in [0.29, 0.717) is 24.7 Å². The van der Waals surface area contributed by atoms with Crippen LogP contribution in [0.5, 0.6) is 0 Å². The molecule has 1 aromatic carbocycles. The third-order valence-electron chi connectivity index (χ3n) is 4.03. The van der Waals surface area contributed by atoms with Gasteiger partial charge in [-0.15, -0.1) is 0 Å². The molecule has 0 amide bonds. The largest absolute Gasteiger partial charge is 0.377 e. The molecule has 1 atom stereocenters. The van der Waals surface area contributed by atoms with Crippen LogP contribution in [0.1, 0.15) is 24.0 Å². The number of hydrogen-bond donors (Lipinski definition) is 0. The summed E-state index contributed by atoms with van der Waals surface area (Å²) in [5.41, 5.74) is 1.70. The van der Waals surface area contributed by atoms with Gasteiger partial charge in [0.1, 0.15) is 23.4 Å². The maximum Gasteiger partial charge on any atom is 0.146 e. The van der Waals surface area contributed by atoms with E-state index < -0.39 is 0 Å². The SMILES string of the molecule is CCc1nc(C#N)cc(N2CCOC[C@@H]2Cc2ccccc2)n1. The van der Waals surface area contributed by atoms with Gasteiger partial charge in [0.05, 0.1) is 19.3 Å². The highest BCUT2D eigenvalue weighted by Crippen LogP contribution is 2.21. The summed E-state index contributed by atoms with van der Waals surface area (Å²) in [6.07, 6.45) is 1.62. The van der Waals surface area contributed by atoms with Gasteiger partial charge in [0.25, 0.3) is 0 Å². The molecule has 118 valence electrons. The normalized spacial score (nSPS) is 17.7. The van der Waals surface area contributed by atoms with Crippen molar-refractivity contribution in [3.63, 3.8) is 0 Å². The number of morpholine rings is 1. The Balaban J connectivity index is 1.88. The van der Waals surface area contributed by atoms with E-state index in [-0.39, 0.29) is 6.04 Å². The molecular weight excluding hydrogens is 288 g/mol. The number of nitrogens with zero attached hydrogens (tertiary/aromatic N) is 4. The molecule has 0 saturated carbocycles. The average Bonchev–Trinajstić information content (AvgIpc) is 2.62. The van der Waals surface area contributed by atoms with E-state index in [4.69, 9.17) is 4.74 Å². The second-order valence-corrected chi connectivity index (χ2v) is 5.60. The van der Waals surface area contributed by atoms with Crippen LogP contribution in [0.2, 0.25) is 0 Å². The van der Waals surface area contributed by atoms with Gasteiger partial charge >= 0.3 is 0 Å². The molecule has 0 spiro atoms.